The molecular weight excluding hydrogens is 300 g/mol. The van der Waals surface area contributed by atoms with Crippen molar-refractivity contribution in [3.63, 3.8) is 0 Å². The van der Waals surface area contributed by atoms with Gasteiger partial charge >= 0.3 is 11.9 Å². The van der Waals surface area contributed by atoms with E-state index in [1.54, 1.807) is 0 Å². The lowest BCUT2D eigenvalue weighted by Gasteiger charge is -2.22. The van der Waals surface area contributed by atoms with E-state index < -0.39 is 16.0 Å². The first kappa shape index (κ1) is 14.8. The van der Waals surface area contributed by atoms with Crippen molar-refractivity contribution in [2.75, 3.05) is 12.4 Å². The zero-order valence-electron chi connectivity index (χ0n) is 11.4. The number of unbranched alkanes of at least 4 members (excludes halogenated alkanes) is 1. The number of hydrogen-bond acceptors (Lipinski definition) is 6. The van der Waals surface area contributed by atoms with E-state index in [0.29, 0.717) is 6.42 Å². The minimum atomic E-state index is -3.96. The molecule has 21 heavy (non-hydrogen) atoms. The Labute approximate surface area is 122 Å². The molecule has 1 heterocycles. The smallest absolute Gasteiger partial charge is 0.310 e. The zero-order chi connectivity index (χ0) is 15.2. The lowest BCUT2D eigenvalue weighted by molar-refractivity contribution is -0.155. The number of rotatable bonds is 6. The maximum atomic E-state index is 12.1. The summed E-state index contributed by atoms with van der Waals surface area (Å²) >= 11 is 0. The van der Waals surface area contributed by atoms with Gasteiger partial charge in [-0.3, -0.25) is 14.1 Å². The fraction of sp³-hybridized carbons (Fsp3) is 0.846. The number of ether oxygens (including phenoxy) is 2. The van der Waals surface area contributed by atoms with E-state index >= 15 is 0 Å². The highest BCUT2D eigenvalue weighted by molar-refractivity contribution is 7.85. The van der Waals surface area contributed by atoms with Crippen molar-refractivity contribution >= 4 is 22.1 Å². The van der Waals surface area contributed by atoms with Crippen LogP contribution in [0, 0.1) is 23.7 Å². The zero-order valence-corrected chi connectivity index (χ0v) is 12.3. The largest absolute Gasteiger partial charge is 0.465 e. The third kappa shape index (κ3) is 2.78. The molecule has 7 nitrogen and oxygen atoms in total. The van der Waals surface area contributed by atoms with Gasteiger partial charge in [-0.1, -0.05) is 0 Å². The highest BCUT2D eigenvalue weighted by atomic mass is 32.2. The van der Waals surface area contributed by atoms with Crippen molar-refractivity contribution in [2.45, 2.75) is 31.8 Å². The Morgan fingerprint density at radius 3 is 2.81 bits per heavy atom. The van der Waals surface area contributed by atoms with E-state index in [9.17, 15) is 18.0 Å². The Balaban J connectivity index is 1.47. The molecule has 5 atom stereocenters. The van der Waals surface area contributed by atoms with Gasteiger partial charge in [-0.25, -0.2) is 0 Å². The second-order valence-corrected chi connectivity index (χ2v) is 7.65. The molecule has 0 aromatic rings. The lowest BCUT2D eigenvalue weighted by atomic mass is 9.80. The quantitative estimate of drug-likeness (QED) is 0.429. The second kappa shape index (κ2) is 5.24. The van der Waals surface area contributed by atoms with Crippen molar-refractivity contribution < 1.29 is 32.0 Å². The summed E-state index contributed by atoms with van der Waals surface area (Å²) in [5.74, 6) is -1.41. The first-order valence-electron chi connectivity index (χ1n) is 7.19. The van der Waals surface area contributed by atoms with E-state index in [2.05, 4.69) is 0 Å². The summed E-state index contributed by atoms with van der Waals surface area (Å²) in [5, 5.41) is 0. The SMILES string of the molecule is O=C(OCCCCS(=O)(=O)O)C1C2CC3OC(=O)C1C3C2. The topological polar surface area (TPSA) is 107 Å². The first-order chi connectivity index (χ1) is 9.87. The predicted molar refractivity (Wildman–Crippen MR) is 69.7 cm³/mol. The normalized spacial score (nSPS) is 36.8. The molecule has 0 aromatic heterocycles. The molecule has 5 unspecified atom stereocenters. The number of fused-ring (bicyclic) bond motifs is 1. The maximum Gasteiger partial charge on any atom is 0.310 e. The summed E-state index contributed by atoms with van der Waals surface area (Å²) in [6, 6.07) is 0. The van der Waals surface area contributed by atoms with Gasteiger partial charge in [0.1, 0.15) is 6.10 Å². The molecule has 3 fully saturated rings. The number of hydrogen-bond donors (Lipinski definition) is 1. The molecule has 3 rings (SSSR count). The van der Waals surface area contributed by atoms with Crippen LogP contribution in [0.5, 0.6) is 0 Å². The van der Waals surface area contributed by atoms with Crippen LogP contribution < -0.4 is 0 Å². The van der Waals surface area contributed by atoms with Crippen LogP contribution in [-0.4, -0.2) is 43.4 Å². The monoisotopic (exact) mass is 318 g/mol. The highest BCUT2D eigenvalue weighted by Crippen LogP contribution is 2.57. The van der Waals surface area contributed by atoms with Gasteiger partial charge in [0, 0.05) is 5.92 Å². The summed E-state index contributed by atoms with van der Waals surface area (Å²) in [4.78, 5) is 23.9. The molecule has 1 aliphatic heterocycles. The third-order valence-corrected chi connectivity index (χ3v) is 5.60. The molecule has 3 aliphatic rings. The van der Waals surface area contributed by atoms with E-state index in [1.807, 2.05) is 0 Å². The lowest BCUT2D eigenvalue weighted by Crippen LogP contribution is -2.33. The number of carbonyl (C=O) groups is 2. The molecule has 8 heteroatoms. The summed E-state index contributed by atoms with van der Waals surface area (Å²) in [6.07, 6.45) is 2.19. The van der Waals surface area contributed by atoms with Gasteiger partial charge in [0.25, 0.3) is 10.1 Å². The molecule has 0 amide bonds. The Morgan fingerprint density at radius 2 is 2.10 bits per heavy atom. The summed E-state index contributed by atoms with van der Waals surface area (Å²) in [6.45, 7) is 0.105. The van der Waals surface area contributed by atoms with Crippen LogP contribution in [0.15, 0.2) is 0 Å². The van der Waals surface area contributed by atoms with Gasteiger partial charge in [-0.15, -0.1) is 0 Å². The van der Waals surface area contributed by atoms with E-state index in [-0.39, 0.29) is 54.6 Å². The van der Waals surface area contributed by atoms with Crippen molar-refractivity contribution in [2.24, 2.45) is 23.7 Å². The summed E-state index contributed by atoms with van der Waals surface area (Å²) < 4.78 is 40.1. The fourth-order valence-corrected chi connectivity index (χ4v) is 4.55. The molecule has 0 radical (unpaired) electrons. The Kier molecular flexibility index (Phi) is 3.69. The molecule has 0 spiro atoms. The van der Waals surface area contributed by atoms with E-state index in [0.717, 1.165) is 12.8 Å². The maximum absolute atomic E-state index is 12.1. The highest BCUT2D eigenvalue weighted by Gasteiger charge is 2.64. The average molecular weight is 318 g/mol. The molecule has 1 N–H and O–H groups in total. The van der Waals surface area contributed by atoms with E-state index in [1.165, 1.54) is 0 Å². The van der Waals surface area contributed by atoms with Gasteiger partial charge in [0.05, 0.1) is 24.2 Å². The van der Waals surface area contributed by atoms with Crippen LogP contribution in [0.25, 0.3) is 0 Å². The summed E-state index contributed by atoms with van der Waals surface area (Å²) in [5.41, 5.74) is 0. The third-order valence-electron chi connectivity index (χ3n) is 4.80. The Morgan fingerprint density at radius 1 is 1.33 bits per heavy atom. The minimum Gasteiger partial charge on any atom is -0.465 e. The van der Waals surface area contributed by atoms with Crippen LogP contribution in [0.3, 0.4) is 0 Å². The van der Waals surface area contributed by atoms with Crippen LogP contribution in [0.4, 0.5) is 0 Å². The van der Waals surface area contributed by atoms with Crippen molar-refractivity contribution in [1.29, 1.82) is 0 Å². The van der Waals surface area contributed by atoms with Crippen molar-refractivity contribution in [3.05, 3.63) is 0 Å². The van der Waals surface area contributed by atoms with Crippen LogP contribution in [-0.2, 0) is 29.2 Å². The van der Waals surface area contributed by atoms with Gasteiger partial charge in [-0.2, -0.15) is 8.42 Å². The first-order valence-corrected chi connectivity index (χ1v) is 8.80. The summed E-state index contributed by atoms with van der Waals surface area (Å²) in [7, 11) is -3.96. The Hall–Kier alpha value is -1.15. The average Bonchev–Trinajstić information content (AvgIpc) is 2.97. The van der Waals surface area contributed by atoms with Crippen molar-refractivity contribution in [3.8, 4) is 0 Å². The molecule has 2 bridgehead atoms. The molecule has 0 aromatic carbocycles. The molecule has 2 saturated carbocycles. The molecule has 2 aliphatic carbocycles. The van der Waals surface area contributed by atoms with Crippen LogP contribution in [0.1, 0.15) is 25.7 Å². The second-order valence-electron chi connectivity index (χ2n) is 6.08. The van der Waals surface area contributed by atoms with Gasteiger partial charge in [0.2, 0.25) is 0 Å². The van der Waals surface area contributed by atoms with E-state index in [4.69, 9.17) is 14.0 Å². The molecule has 118 valence electrons. The number of carbonyl (C=O) groups excluding carboxylic acids is 2. The van der Waals surface area contributed by atoms with Crippen molar-refractivity contribution in [1.82, 2.24) is 0 Å². The standard InChI is InChI=1S/C13H18O7S/c14-12(19-3-1-2-4-21(16,17)18)10-7-5-8-9(6-7)20-13(15)11(8)10/h7-11H,1-6H2,(H,16,17,18). The fourth-order valence-electron chi connectivity index (χ4n) is 3.98. The van der Waals surface area contributed by atoms with Crippen LogP contribution >= 0.6 is 0 Å². The van der Waals surface area contributed by atoms with Gasteiger partial charge in [-0.05, 0) is 31.6 Å². The molecule has 1 saturated heterocycles. The Bertz CT molecular complexity index is 553. The van der Waals surface area contributed by atoms with Gasteiger partial charge in [0.15, 0.2) is 0 Å². The van der Waals surface area contributed by atoms with Crippen LogP contribution in [0.2, 0.25) is 0 Å². The predicted octanol–water partition coefficient (Wildman–Crippen LogP) is 0.395. The molecular formula is C13H18O7S. The van der Waals surface area contributed by atoms with Gasteiger partial charge < -0.3 is 9.47 Å². The minimum absolute atomic E-state index is 0.00805. The number of esters is 2.